The number of amides is 1. The second-order valence-corrected chi connectivity index (χ2v) is 4.17. The molecule has 0 aromatic heterocycles. The number of nitrogens with two attached hydrogens (primary N) is 1. The molecule has 1 amide bonds. The molecule has 0 bridgehead atoms. The van der Waals surface area contributed by atoms with Crippen LogP contribution in [0.1, 0.15) is 19.4 Å². The molecule has 5 nitrogen and oxygen atoms in total. The molecule has 1 aromatic carbocycles. The molecule has 1 rings (SSSR count). The van der Waals surface area contributed by atoms with Gasteiger partial charge in [0.2, 0.25) is 5.91 Å². The Morgan fingerprint density at radius 2 is 2.11 bits per heavy atom. The Labute approximate surface area is 114 Å². The van der Waals surface area contributed by atoms with E-state index < -0.39 is 0 Å². The Balaban J connectivity index is 2.66. The van der Waals surface area contributed by atoms with Crippen LogP contribution >= 0.6 is 0 Å². The van der Waals surface area contributed by atoms with Crippen LogP contribution in [0.5, 0.6) is 0 Å². The van der Waals surface area contributed by atoms with E-state index in [9.17, 15) is 4.79 Å². The largest absolute Gasteiger partial charge is 0.398 e. The van der Waals surface area contributed by atoms with Crippen LogP contribution in [0.2, 0.25) is 0 Å². The maximum Gasteiger partial charge on any atom is 0.241 e. The minimum Gasteiger partial charge on any atom is -0.398 e. The fraction of sp³-hybridized carbons (Fsp3) is 0.429. The molecule has 5 heteroatoms. The highest BCUT2D eigenvalue weighted by atomic mass is 16.2. The summed E-state index contributed by atoms with van der Waals surface area (Å²) in [5, 5.41) is 11.8. The summed E-state index contributed by atoms with van der Waals surface area (Å²) in [6.07, 6.45) is 0.269. The summed E-state index contributed by atoms with van der Waals surface area (Å²) in [5.74, 6) is 0.0589. The van der Waals surface area contributed by atoms with Gasteiger partial charge in [-0.25, -0.2) is 0 Å². The highest BCUT2D eigenvalue weighted by Gasteiger charge is 2.09. The Bertz CT molecular complexity index is 475. The highest BCUT2D eigenvalue weighted by molar-refractivity contribution is 5.81. The number of carbonyl (C=O) groups excluding carboxylic acids is 1. The molecular formula is C14H20N4O. The standard InChI is InChI=1S/C14H20N4O/c1-3-18(4-2)14(19)10-17-12-5-6-13(16)11(9-12)7-8-15/h5-6,9,17H,3-4,7,10,16H2,1-2H3. The number of nitrogens with one attached hydrogen (secondary N) is 1. The molecule has 0 spiro atoms. The van der Waals surface area contributed by atoms with Crippen molar-refractivity contribution in [3.05, 3.63) is 23.8 Å². The van der Waals surface area contributed by atoms with Gasteiger partial charge in [0, 0.05) is 24.5 Å². The first kappa shape index (κ1) is 14.8. The predicted molar refractivity (Wildman–Crippen MR) is 76.6 cm³/mol. The third kappa shape index (κ3) is 4.18. The quantitative estimate of drug-likeness (QED) is 0.761. The van der Waals surface area contributed by atoms with Gasteiger partial charge in [0.1, 0.15) is 0 Å². The minimum atomic E-state index is 0.0589. The summed E-state index contributed by atoms with van der Waals surface area (Å²) in [6, 6.07) is 7.44. The number of nitriles is 1. The van der Waals surface area contributed by atoms with Crippen LogP contribution in [0, 0.1) is 11.3 Å². The van der Waals surface area contributed by atoms with E-state index in [0.717, 1.165) is 11.3 Å². The first-order valence-electron chi connectivity index (χ1n) is 6.39. The molecule has 0 aliphatic carbocycles. The normalized spacial score (nSPS) is 9.74. The van der Waals surface area contributed by atoms with Gasteiger partial charge in [-0.1, -0.05) is 0 Å². The summed E-state index contributed by atoms with van der Waals surface area (Å²) in [7, 11) is 0. The third-order valence-electron chi connectivity index (χ3n) is 2.97. The van der Waals surface area contributed by atoms with Crippen LogP contribution in [0.25, 0.3) is 0 Å². The smallest absolute Gasteiger partial charge is 0.241 e. The van der Waals surface area contributed by atoms with E-state index in [1.54, 1.807) is 11.0 Å². The summed E-state index contributed by atoms with van der Waals surface area (Å²) in [5.41, 5.74) is 7.95. The van der Waals surface area contributed by atoms with Crippen LogP contribution in [-0.2, 0) is 11.2 Å². The van der Waals surface area contributed by atoms with Crippen LogP contribution in [-0.4, -0.2) is 30.4 Å². The van der Waals surface area contributed by atoms with Crippen molar-refractivity contribution in [2.24, 2.45) is 0 Å². The molecule has 0 heterocycles. The van der Waals surface area contributed by atoms with Gasteiger partial charge in [-0.05, 0) is 37.6 Å². The predicted octanol–water partition coefficient (Wildman–Crippen LogP) is 1.62. The van der Waals surface area contributed by atoms with Gasteiger partial charge in [-0.3, -0.25) is 4.79 Å². The molecule has 0 unspecified atom stereocenters. The number of nitrogens with zero attached hydrogens (tertiary/aromatic N) is 2. The average molecular weight is 260 g/mol. The van der Waals surface area contributed by atoms with E-state index in [1.165, 1.54) is 0 Å². The number of hydrogen-bond donors (Lipinski definition) is 2. The maximum atomic E-state index is 11.8. The van der Waals surface area contributed by atoms with Gasteiger partial charge in [-0.15, -0.1) is 0 Å². The molecule has 0 aliphatic rings. The average Bonchev–Trinajstić information content (AvgIpc) is 2.41. The van der Waals surface area contributed by atoms with Gasteiger partial charge >= 0.3 is 0 Å². The first-order valence-corrected chi connectivity index (χ1v) is 6.39. The van der Waals surface area contributed by atoms with Crippen LogP contribution < -0.4 is 11.1 Å². The second-order valence-electron chi connectivity index (χ2n) is 4.17. The van der Waals surface area contributed by atoms with Gasteiger partial charge in [-0.2, -0.15) is 5.26 Å². The SMILES string of the molecule is CCN(CC)C(=O)CNc1ccc(N)c(CC#N)c1. The van der Waals surface area contributed by atoms with Crippen molar-refractivity contribution in [2.75, 3.05) is 30.7 Å². The van der Waals surface area contributed by atoms with Crippen molar-refractivity contribution in [3.63, 3.8) is 0 Å². The number of carbonyl (C=O) groups is 1. The first-order chi connectivity index (χ1) is 9.12. The fourth-order valence-electron chi connectivity index (χ4n) is 1.82. The summed E-state index contributed by atoms with van der Waals surface area (Å²) in [6.45, 7) is 5.57. The Hall–Kier alpha value is -2.22. The van der Waals surface area contributed by atoms with Gasteiger partial charge in [0.05, 0.1) is 19.0 Å². The van der Waals surface area contributed by atoms with Crippen molar-refractivity contribution < 1.29 is 4.79 Å². The molecule has 19 heavy (non-hydrogen) atoms. The second kappa shape index (κ2) is 7.27. The van der Waals surface area contributed by atoms with Crippen molar-refractivity contribution in [2.45, 2.75) is 20.3 Å². The lowest BCUT2D eigenvalue weighted by atomic mass is 10.1. The molecule has 0 atom stereocenters. The number of rotatable bonds is 6. The third-order valence-corrected chi connectivity index (χ3v) is 2.97. The van der Waals surface area contributed by atoms with E-state index >= 15 is 0 Å². The fourth-order valence-corrected chi connectivity index (χ4v) is 1.82. The number of anilines is 2. The van der Waals surface area contributed by atoms with Gasteiger partial charge < -0.3 is 16.0 Å². The maximum absolute atomic E-state index is 11.8. The van der Waals surface area contributed by atoms with Gasteiger partial charge in [0.15, 0.2) is 0 Å². The lowest BCUT2D eigenvalue weighted by Gasteiger charge is -2.19. The summed E-state index contributed by atoms with van der Waals surface area (Å²) in [4.78, 5) is 13.6. The van der Waals surface area contributed by atoms with Gasteiger partial charge in [0.25, 0.3) is 0 Å². The molecule has 102 valence electrons. The van der Waals surface area contributed by atoms with E-state index in [4.69, 9.17) is 11.0 Å². The molecule has 0 fully saturated rings. The topological polar surface area (TPSA) is 82.2 Å². The van der Waals surface area contributed by atoms with Crippen LogP contribution in [0.15, 0.2) is 18.2 Å². The molecule has 0 aliphatic heterocycles. The summed E-state index contributed by atoms with van der Waals surface area (Å²) < 4.78 is 0. The molecule has 1 aromatic rings. The van der Waals surface area contributed by atoms with Crippen LogP contribution in [0.3, 0.4) is 0 Å². The minimum absolute atomic E-state index is 0.0589. The van der Waals surface area contributed by atoms with Crippen molar-refractivity contribution in [1.82, 2.24) is 4.90 Å². The number of nitrogen functional groups attached to an aromatic ring is 1. The van der Waals surface area contributed by atoms with Crippen LogP contribution in [0.4, 0.5) is 11.4 Å². The summed E-state index contributed by atoms with van der Waals surface area (Å²) >= 11 is 0. The molecular weight excluding hydrogens is 240 g/mol. The zero-order chi connectivity index (χ0) is 14.3. The number of hydrogen-bond acceptors (Lipinski definition) is 4. The number of benzene rings is 1. The van der Waals surface area contributed by atoms with E-state index in [-0.39, 0.29) is 18.9 Å². The Kier molecular flexibility index (Phi) is 5.68. The van der Waals surface area contributed by atoms with E-state index in [2.05, 4.69) is 11.4 Å². The molecule has 0 saturated heterocycles. The molecule has 3 N–H and O–H groups in total. The van der Waals surface area contributed by atoms with Crippen molar-refractivity contribution in [1.29, 1.82) is 5.26 Å². The zero-order valence-corrected chi connectivity index (χ0v) is 11.4. The zero-order valence-electron chi connectivity index (χ0n) is 11.4. The molecule has 0 radical (unpaired) electrons. The monoisotopic (exact) mass is 260 g/mol. The lowest BCUT2D eigenvalue weighted by molar-refractivity contribution is -0.128. The van der Waals surface area contributed by atoms with E-state index in [1.807, 2.05) is 26.0 Å². The Morgan fingerprint density at radius 1 is 1.42 bits per heavy atom. The number of likely N-dealkylation sites (N-methyl/N-ethyl adjacent to an activating group) is 1. The van der Waals surface area contributed by atoms with E-state index in [0.29, 0.717) is 18.8 Å². The highest BCUT2D eigenvalue weighted by Crippen LogP contribution is 2.18. The lowest BCUT2D eigenvalue weighted by Crippen LogP contribution is -2.35. The van der Waals surface area contributed by atoms with Crippen molar-refractivity contribution >= 4 is 17.3 Å². The van der Waals surface area contributed by atoms with Crippen molar-refractivity contribution in [3.8, 4) is 6.07 Å². The Morgan fingerprint density at radius 3 is 2.68 bits per heavy atom. The molecule has 0 saturated carbocycles.